The van der Waals surface area contributed by atoms with E-state index >= 15 is 0 Å². The molecule has 3 nitrogen and oxygen atoms in total. The first-order valence-electron chi connectivity index (χ1n) is 9.36. The second-order valence-corrected chi connectivity index (χ2v) is 6.79. The summed E-state index contributed by atoms with van der Waals surface area (Å²) < 4.78 is 4.45. The minimum absolute atomic E-state index is 0. The quantitative estimate of drug-likeness (QED) is 0.161. The Bertz CT molecular complexity index is 1190. The van der Waals surface area contributed by atoms with Crippen LogP contribution in [0.2, 0.25) is 0 Å². The first kappa shape index (κ1) is 23.5. The maximum absolute atomic E-state index is 10.2. The van der Waals surface area contributed by atoms with E-state index in [-0.39, 0.29) is 25.9 Å². The van der Waals surface area contributed by atoms with E-state index in [1.165, 1.54) is 34.7 Å². The Morgan fingerprint density at radius 1 is 1.03 bits per heavy atom. The number of pyridine rings is 1. The number of allylic oxidation sites excluding steroid dienone is 2. The fourth-order valence-electron chi connectivity index (χ4n) is 3.18. The number of ketones is 1. The molecule has 0 saturated heterocycles. The molecule has 1 heterocycles. The van der Waals surface area contributed by atoms with Crippen LogP contribution in [0.15, 0.2) is 78.6 Å². The SMILES string of the molecule is Cc1cc(-c2[c-]ccc3ccccc23)nc2ccccc12.[CH2-]O/C(C)=C\C(C)=O.[Ir]. The molecule has 0 atom stereocenters. The van der Waals surface area contributed by atoms with E-state index in [4.69, 9.17) is 4.98 Å². The van der Waals surface area contributed by atoms with Crippen molar-refractivity contribution in [3.05, 3.63) is 97.3 Å². The van der Waals surface area contributed by atoms with Crippen LogP contribution in [0.3, 0.4) is 0 Å². The van der Waals surface area contributed by atoms with Crippen molar-refractivity contribution < 1.29 is 29.6 Å². The maximum Gasteiger partial charge on any atom is 0.155 e. The average molecular weight is 574 g/mol. The number of fused-ring (bicyclic) bond motifs is 2. The summed E-state index contributed by atoms with van der Waals surface area (Å²) >= 11 is 0. The fourth-order valence-corrected chi connectivity index (χ4v) is 3.18. The Morgan fingerprint density at radius 2 is 1.70 bits per heavy atom. The van der Waals surface area contributed by atoms with E-state index in [0.29, 0.717) is 5.76 Å². The smallest absolute Gasteiger partial charge is 0.155 e. The molecule has 0 bridgehead atoms. The Balaban J connectivity index is 0.000000308. The summed E-state index contributed by atoms with van der Waals surface area (Å²) in [6.45, 7) is 5.27. The number of aryl methyl sites for hydroxylation is 1. The molecule has 1 radical (unpaired) electrons. The minimum Gasteiger partial charge on any atom is -0.668 e. The number of para-hydroxylation sites is 1. The van der Waals surface area contributed by atoms with Gasteiger partial charge in [0, 0.05) is 31.6 Å². The largest absolute Gasteiger partial charge is 0.668 e. The fraction of sp³-hybridized carbons (Fsp3) is 0.115. The van der Waals surface area contributed by atoms with Crippen molar-refractivity contribution in [1.29, 1.82) is 0 Å². The summed E-state index contributed by atoms with van der Waals surface area (Å²) in [6.07, 6.45) is 1.38. The molecule has 0 N–H and O–H groups in total. The molecule has 30 heavy (non-hydrogen) atoms. The van der Waals surface area contributed by atoms with Gasteiger partial charge in [-0.1, -0.05) is 53.9 Å². The van der Waals surface area contributed by atoms with Gasteiger partial charge in [-0.25, -0.2) is 0 Å². The molecule has 0 aliphatic heterocycles. The standard InChI is InChI=1S/C20H14N.C6H9O2.Ir/c1-14-13-20(21-19-12-5-4-9-16(14)19)18-11-6-8-15-7-2-3-10-17(15)18;1-5(7)4-6(2)8-3;/h2-10,12-13H,1H3;4H,3H2,1-2H3;/q2*-1;/b;6-4-;. The molecule has 155 valence electrons. The van der Waals surface area contributed by atoms with E-state index in [1.54, 1.807) is 6.92 Å². The summed E-state index contributed by atoms with van der Waals surface area (Å²) in [5.74, 6) is 0.517. The molecule has 0 fully saturated rings. The van der Waals surface area contributed by atoms with Crippen molar-refractivity contribution in [2.24, 2.45) is 0 Å². The number of nitrogens with zero attached hydrogens (tertiary/aromatic N) is 1. The van der Waals surface area contributed by atoms with Gasteiger partial charge in [0.2, 0.25) is 0 Å². The molecule has 0 unspecified atom stereocenters. The monoisotopic (exact) mass is 574 g/mol. The number of hydrogen-bond donors (Lipinski definition) is 0. The van der Waals surface area contributed by atoms with E-state index in [9.17, 15) is 4.79 Å². The number of rotatable bonds is 3. The van der Waals surface area contributed by atoms with Crippen LogP contribution < -0.4 is 0 Å². The molecule has 0 amide bonds. The number of benzene rings is 3. The van der Waals surface area contributed by atoms with Crippen LogP contribution in [-0.2, 0) is 29.6 Å². The third kappa shape index (κ3) is 5.62. The molecule has 1 aromatic heterocycles. The van der Waals surface area contributed by atoms with Crippen LogP contribution in [0.4, 0.5) is 0 Å². The van der Waals surface area contributed by atoms with E-state index in [2.05, 4.69) is 79.4 Å². The molecule has 4 heteroatoms. The van der Waals surface area contributed by atoms with Crippen LogP contribution >= 0.6 is 0 Å². The van der Waals surface area contributed by atoms with Gasteiger partial charge in [0.1, 0.15) is 0 Å². The molecule has 0 spiro atoms. The zero-order valence-corrected chi connectivity index (χ0v) is 19.6. The van der Waals surface area contributed by atoms with Crippen molar-refractivity contribution >= 4 is 27.5 Å². The van der Waals surface area contributed by atoms with Crippen LogP contribution in [0, 0.1) is 20.1 Å². The van der Waals surface area contributed by atoms with Gasteiger partial charge in [0.05, 0.1) is 11.3 Å². The van der Waals surface area contributed by atoms with Gasteiger partial charge < -0.3 is 4.74 Å². The molecular formula is C26H23IrNO2-2. The Morgan fingerprint density at radius 3 is 2.37 bits per heavy atom. The zero-order chi connectivity index (χ0) is 20.8. The molecule has 0 saturated carbocycles. The normalized spacial score (nSPS) is 10.7. The molecular weight excluding hydrogens is 551 g/mol. The summed E-state index contributed by atoms with van der Waals surface area (Å²) in [6, 6.07) is 26.2. The van der Waals surface area contributed by atoms with Gasteiger partial charge in [0.25, 0.3) is 0 Å². The van der Waals surface area contributed by atoms with Crippen molar-refractivity contribution in [3.8, 4) is 11.3 Å². The van der Waals surface area contributed by atoms with Crippen molar-refractivity contribution in [2.75, 3.05) is 0 Å². The van der Waals surface area contributed by atoms with Gasteiger partial charge in [0.15, 0.2) is 5.78 Å². The van der Waals surface area contributed by atoms with Crippen molar-refractivity contribution in [3.63, 3.8) is 0 Å². The van der Waals surface area contributed by atoms with Crippen LogP contribution in [0.5, 0.6) is 0 Å². The number of ether oxygens (including phenoxy) is 1. The molecule has 4 aromatic rings. The zero-order valence-electron chi connectivity index (χ0n) is 17.2. The predicted octanol–water partition coefficient (Wildman–Crippen LogP) is 6.45. The van der Waals surface area contributed by atoms with Crippen molar-refractivity contribution in [1.82, 2.24) is 4.98 Å². The number of hydrogen-bond acceptors (Lipinski definition) is 3. The number of aromatic nitrogens is 1. The maximum atomic E-state index is 10.2. The van der Waals surface area contributed by atoms with Gasteiger partial charge in [-0.3, -0.25) is 9.78 Å². The third-order valence-corrected chi connectivity index (χ3v) is 4.53. The van der Waals surface area contributed by atoms with E-state index in [1.807, 2.05) is 12.1 Å². The Hall–Kier alpha value is -2.81. The number of carbonyl (C=O) groups excluding carboxylic acids is 1. The van der Waals surface area contributed by atoms with E-state index < -0.39 is 0 Å². The van der Waals surface area contributed by atoms with Crippen LogP contribution in [0.1, 0.15) is 19.4 Å². The summed E-state index contributed by atoms with van der Waals surface area (Å²) in [7, 11) is 3.12. The summed E-state index contributed by atoms with van der Waals surface area (Å²) in [5, 5.41) is 3.63. The Kier molecular flexibility index (Phi) is 8.46. The second-order valence-electron chi connectivity index (χ2n) is 6.79. The van der Waals surface area contributed by atoms with Gasteiger partial charge in [-0.15, -0.1) is 29.1 Å². The molecule has 0 aliphatic carbocycles. The van der Waals surface area contributed by atoms with Crippen LogP contribution in [-0.4, -0.2) is 10.8 Å². The topological polar surface area (TPSA) is 39.2 Å². The van der Waals surface area contributed by atoms with Gasteiger partial charge >= 0.3 is 0 Å². The summed E-state index contributed by atoms with van der Waals surface area (Å²) in [5.41, 5.74) is 4.34. The average Bonchev–Trinajstić information content (AvgIpc) is 2.73. The third-order valence-electron chi connectivity index (χ3n) is 4.53. The van der Waals surface area contributed by atoms with Crippen LogP contribution in [0.25, 0.3) is 32.9 Å². The first-order chi connectivity index (χ1) is 14.0. The van der Waals surface area contributed by atoms with Gasteiger partial charge in [-0.05, 0) is 38.1 Å². The van der Waals surface area contributed by atoms with Crippen molar-refractivity contribution in [2.45, 2.75) is 20.8 Å². The minimum atomic E-state index is -0.0221. The second kappa shape index (κ2) is 10.8. The van der Waals surface area contributed by atoms with Gasteiger partial charge in [-0.2, -0.15) is 7.11 Å². The first-order valence-corrected chi connectivity index (χ1v) is 9.36. The number of carbonyl (C=O) groups is 1. The molecule has 0 aliphatic rings. The molecule has 3 aromatic carbocycles. The van der Waals surface area contributed by atoms with E-state index in [0.717, 1.165) is 16.8 Å². The Labute approximate surface area is 191 Å². The molecule has 4 rings (SSSR count). The predicted molar refractivity (Wildman–Crippen MR) is 119 cm³/mol. The summed E-state index contributed by atoms with van der Waals surface area (Å²) in [4.78, 5) is 15.1.